The molecule has 0 aliphatic rings. The summed E-state index contributed by atoms with van der Waals surface area (Å²) < 4.78 is 25.5. The van der Waals surface area contributed by atoms with Gasteiger partial charge in [-0.05, 0) is 60.2 Å². The molecule has 0 aliphatic heterocycles. The highest BCUT2D eigenvalue weighted by Gasteiger charge is 2.18. The Labute approximate surface area is 243 Å². The number of aromatic nitrogens is 4. The number of para-hydroxylation sites is 1. The molecule has 2 heterocycles. The molecule has 12 heteroatoms. The van der Waals surface area contributed by atoms with E-state index in [9.17, 15) is 13.2 Å². The number of anilines is 5. The van der Waals surface area contributed by atoms with Crippen LogP contribution in [-0.4, -0.2) is 54.2 Å². The first-order valence-corrected chi connectivity index (χ1v) is 14.9. The molecule has 10 nitrogen and oxygen atoms in total. The van der Waals surface area contributed by atoms with Gasteiger partial charge in [-0.25, -0.2) is 18.4 Å². The predicted octanol–water partition coefficient (Wildman–Crippen LogP) is 5.14. The highest BCUT2D eigenvalue weighted by molar-refractivity contribution is 7.90. The molecule has 41 heavy (non-hydrogen) atoms. The molecule has 2 aromatic heterocycles. The Hall–Kier alpha value is -4.48. The molecule has 0 spiro atoms. The van der Waals surface area contributed by atoms with Gasteiger partial charge >= 0.3 is 0 Å². The lowest BCUT2D eigenvalue weighted by atomic mass is 10.1. The molecule has 0 saturated carbocycles. The van der Waals surface area contributed by atoms with Gasteiger partial charge in [0.2, 0.25) is 17.8 Å². The van der Waals surface area contributed by atoms with Crippen molar-refractivity contribution >= 4 is 67.5 Å². The van der Waals surface area contributed by atoms with Gasteiger partial charge in [0.1, 0.15) is 11.3 Å². The minimum atomic E-state index is -3.29. The van der Waals surface area contributed by atoms with Crippen LogP contribution in [0.25, 0.3) is 11.0 Å². The summed E-state index contributed by atoms with van der Waals surface area (Å²) >= 11 is 6.06. The second-order valence-electron chi connectivity index (χ2n) is 9.59. The number of aryl methyl sites for hydroxylation is 1. The van der Waals surface area contributed by atoms with E-state index in [4.69, 9.17) is 21.6 Å². The molecule has 1 N–H and O–H groups in total. The van der Waals surface area contributed by atoms with E-state index in [2.05, 4.69) is 10.3 Å². The molecule has 3 aromatic carbocycles. The topological polar surface area (TPSA) is 113 Å². The van der Waals surface area contributed by atoms with Crippen molar-refractivity contribution in [2.24, 2.45) is 7.05 Å². The predicted molar refractivity (Wildman–Crippen MR) is 162 cm³/mol. The van der Waals surface area contributed by atoms with E-state index in [1.54, 1.807) is 53.6 Å². The number of carbonyl (C=O) groups is 1. The zero-order chi connectivity index (χ0) is 29.3. The fourth-order valence-corrected chi connectivity index (χ4v) is 5.27. The lowest BCUT2D eigenvalue weighted by molar-refractivity contribution is -0.115. The Balaban J connectivity index is 1.40. The van der Waals surface area contributed by atoms with Crippen LogP contribution in [0.2, 0.25) is 5.02 Å². The fourth-order valence-electron chi connectivity index (χ4n) is 4.43. The van der Waals surface area contributed by atoms with Crippen LogP contribution in [0.4, 0.5) is 29.1 Å². The number of rotatable bonds is 8. The average molecular weight is 590 g/mol. The Kier molecular flexibility index (Phi) is 7.65. The van der Waals surface area contributed by atoms with Crippen LogP contribution in [0.1, 0.15) is 5.56 Å². The zero-order valence-electron chi connectivity index (χ0n) is 22.9. The van der Waals surface area contributed by atoms with Crippen LogP contribution in [0.3, 0.4) is 0 Å². The van der Waals surface area contributed by atoms with Crippen molar-refractivity contribution in [3.63, 3.8) is 0 Å². The van der Waals surface area contributed by atoms with Gasteiger partial charge in [-0.2, -0.15) is 4.98 Å². The van der Waals surface area contributed by atoms with Crippen LogP contribution >= 0.6 is 11.6 Å². The van der Waals surface area contributed by atoms with Crippen molar-refractivity contribution in [1.82, 2.24) is 19.5 Å². The van der Waals surface area contributed by atoms with Gasteiger partial charge in [-0.15, -0.1) is 0 Å². The number of carbonyl (C=O) groups excluding carboxylic acids is 1. The summed E-state index contributed by atoms with van der Waals surface area (Å²) in [6.07, 6.45) is 3.01. The van der Waals surface area contributed by atoms with E-state index in [0.717, 1.165) is 22.5 Å². The lowest BCUT2D eigenvalue weighted by Gasteiger charge is -2.22. The summed E-state index contributed by atoms with van der Waals surface area (Å²) in [5, 5.41) is 3.49. The van der Waals surface area contributed by atoms with Crippen LogP contribution in [0.5, 0.6) is 0 Å². The summed E-state index contributed by atoms with van der Waals surface area (Å²) in [4.78, 5) is 30.6. The lowest BCUT2D eigenvalue weighted by Crippen LogP contribution is -2.17. The first-order chi connectivity index (χ1) is 19.5. The minimum absolute atomic E-state index is 0.171. The standard InChI is InChI=1S/C29H28ClN7O3S/c1-35(21-11-13-22(14-12-21)41(4,39)40)28-31-16-15-25(32-28)36(2)23-9-6-10-24-27(23)34-29(37(24)3)33-26(38)18-19-7-5-8-20(30)17-19/h5-17H,18H2,1-4H3,(H,33,34,38). The third-order valence-corrected chi connectivity index (χ3v) is 8.04. The van der Waals surface area contributed by atoms with E-state index >= 15 is 0 Å². The van der Waals surface area contributed by atoms with E-state index in [0.29, 0.717) is 28.3 Å². The number of nitrogens with zero attached hydrogens (tertiary/aromatic N) is 6. The van der Waals surface area contributed by atoms with Crippen molar-refractivity contribution in [3.8, 4) is 0 Å². The van der Waals surface area contributed by atoms with Gasteiger partial charge in [0.05, 0.1) is 22.5 Å². The van der Waals surface area contributed by atoms with E-state index < -0.39 is 9.84 Å². The maximum atomic E-state index is 12.8. The van der Waals surface area contributed by atoms with Gasteiger partial charge in [0, 0.05) is 44.3 Å². The van der Waals surface area contributed by atoms with Crippen LogP contribution in [0, 0.1) is 0 Å². The number of fused-ring (bicyclic) bond motifs is 1. The van der Waals surface area contributed by atoms with Crippen molar-refractivity contribution in [3.05, 3.63) is 89.6 Å². The van der Waals surface area contributed by atoms with Gasteiger partial charge in [-0.3, -0.25) is 10.1 Å². The molecule has 210 valence electrons. The number of amides is 1. The molecule has 0 unspecified atom stereocenters. The molecular weight excluding hydrogens is 562 g/mol. The van der Waals surface area contributed by atoms with Crippen molar-refractivity contribution in [2.45, 2.75) is 11.3 Å². The molecular formula is C29H28ClN7O3S. The van der Waals surface area contributed by atoms with E-state index in [-0.39, 0.29) is 17.2 Å². The van der Waals surface area contributed by atoms with Crippen LogP contribution in [0.15, 0.2) is 83.9 Å². The third-order valence-electron chi connectivity index (χ3n) is 6.68. The molecule has 1 amide bonds. The maximum absolute atomic E-state index is 12.8. The first-order valence-electron chi connectivity index (χ1n) is 12.6. The normalized spacial score (nSPS) is 11.4. The van der Waals surface area contributed by atoms with Gasteiger partial charge < -0.3 is 14.4 Å². The second-order valence-corrected chi connectivity index (χ2v) is 12.0. The maximum Gasteiger partial charge on any atom is 0.231 e. The number of imidazole rings is 1. The Bertz CT molecular complexity index is 1860. The molecule has 0 fully saturated rings. The van der Waals surface area contributed by atoms with Crippen molar-refractivity contribution < 1.29 is 13.2 Å². The van der Waals surface area contributed by atoms with Crippen molar-refractivity contribution in [1.29, 1.82) is 0 Å². The third kappa shape index (κ3) is 6.01. The quantitative estimate of drug-likeness (QED) is 0.265. The summed E-state index contributed by atoms with van der Waals surface area (Å²) in [6.45, 7) is 0. The molecule has 5 aromatic rings. The number of nitrogens with one attached hydrogen (secondary N) is 1. The number of sulfone groups is 1. The first kappa shape index (κ1) is 28.1. The smallest absolute Gasteiger partial charge is 0.231 e. The van der Waals surface area contributed by atoms with Crippen LogP contribution in [-0.2, 0) is 28.1 Å². The fraction of sp³-hybridized carbons (Fsp3) is 0.172. The zero-order valence-corrected chi connectivity index (χ0v) is 24.5. The Morgan fingerprint density at radius 3 is 2.41 bits per heavy atom. The average Bonchev–Trinajstić information content (AvgIpc) is 3.26. The number of hydrogen-bond donors (Lipinski definition) is 1. The molecule has 5 rings (SSSR count). The summed E-state index contributed by atoms with van der Waals surface area (Å²) in [7, 11) is 2.25. The molecule has 0 radical (unpaired) electrons. The minimum Gasteiger partial charge on any atom is -0.327 e. The monoisotopic (exact) mass is 589 g/mol. The summed E-state index contributed by atoms with van der Waals surface area (Å²) in [5.74, 6) is 1.28. The molecule has 0 atom stereocenters. The molecule has 0 saturated heterocycles. The highest BCUT2D eigenvalue weighted by atomic mass is 35.5. The Morgan fingerprint density at radius 1 is 0.976 bits per heavy atom. The molecule has 0 bridgehead atoms. The highest BCUT2D eigenvalue weighted by Crippen LogP contribution is 2.32. The number of benzene rings is 3. The molecule has 0 aliphatic carbocycles. The van der Waals surface area contributed by atoms with Gasteiger partial charge in [0.15, 0.2) is 9.84 Å². The van der Waals surface area contributed by atoms with Crippen LogP contribution < -0.4 is 15.1 Å². The largest absolute Gasteiger partial charge is 0.327 e. The van der Waals surface area contributed by atoms with Gasteiger partial charge in [0.25, 0.3) is 0 Å². The summed E-state index contributed by atoms with van der Waals surface area (Å²) in [5.41, 5.74) is 3.87. The van der Waals surface area contributed by atoms with Gasteiger partial charge in [-0.1, -0.05) is 29.8 Å². The Morgan fingerprint density at radius 2 is 1.71 bits per heavy atom. The van der Waals surface area contributed by atoms with E-state index in [1.165, 1.54) is 6.26 Å². The summed E-state index contributed by atoms with van der Waals surface area (Å²) in [6, 6.07) is 21.3. The SMILES string of the molecule is CN(c1ccc(S(C)(=O)=O)cc1)c1nccc(N(C)c2cccc3c2nc(NC(=O)Cc2cccc(Cl)c2)n3C)n1. The number of halogens is 1. The van der Waals surface area contributed by atoms with E-state index in [1.807, 2.05) is 60.9 Å². The van der Waals surface area contributed by atoms with Crippen molar-refractivity contribution in [2.75, 3.05) is 35.5 Å². The number of hydrogen-bond acceptors (Lipinski definition) is 8. The second kappa shape index (κ2) is 11.2.